The molecule has 1 amide bonds. The number of carbonyl (C=O) groups excluding carboxylic acids is 1. The van der Waals surface area contributed by atoms with Gasteiger partial charge in [0.05, 0.1) is 11.4 Å². The van der Waals surface area contributed by atoms with Crippen molar-refractivity contribution >= 4 is 17.7 Å². The molecule has 2 aromatic rings. The number of amides is 1. The smallest absolute Gasteiger partial charge is 0.271 e. The lowest BCUT2D eigenvalue weighted by Crippen LogP contribution is -2.41. The van der Waals surface area contributed by atoms with Gasteiger partial charge in [-0.05, 0) is 63.9 Å². The van der Waals surface area contributed by atoms with Crippen LogP contribution in [0.3, 0.4) is 0 Å². The van der Waals surface area contributed by atoms with Gasteiger partial charge in [-0.25, -0.2) is 0 Å². The van der Waals surface area contributed by atoms with Gasteiger partial charge in [0.1, 0.15) is 5.03 Å². The van der Waals surface area contributed by atoms with Crippen molar-refractivity contribution in [3.05, 3.63) is 51.8 Å². The Morgan fingerprint density at radius 1 is 1.17 bits per heavy atom. The number of carbonyl (C=O) groups is 1. The predicted molar refractivity (Wildman–Crippen MR) is 97.9 cm³/mol. The van der Waals surface area contributed by atoms with Gasteiger partial charge in [0, 0.05) is 11.6 Å². The molecule has 1 aromatic carbocycles. The first kappa shape index (κ1) is 18.3. The van der Waals surface area contributed by atoms with Crippen LogP contribution < -0.4 is 10.9 Å². The van der Waals surface area contributed by atoms with Crippen LogP contribution in [0.1, 0.15) is 31.9 Å². The van der Waals surface area contributed by atoms with Crippen molar-refractivity contribution in [2.45, 2.75) is 45.2 Å². The highest BCUT2D eigenvalue weighted by Crippen LogP contribution is 2.16. The van der Waals surface area contributed by atoms with Gasteiger partial charge >= 0.3 is 0 Å². The normalized spacial score (nSPS) is 11.4. The molecule has 128 valence electrons. The zero-order valence-electron chi connectivity index (χ0n) is 14.7. The molecule has 1 N–H and O–H groups in total. The van der Waals surface area contributed by atoms with E-state index in [0.717, 1.165) is 16.8 Å². The topological polar surface area (TPSA) is 64.0 Å². The third-order valence-electron chi connectivity index (χ3n) is 3.38. The van der Waals surface area contributed by atoms with Crippen LogP contribution in [0.5, 0.6) is 0 Å². The second-order valence-electron chi connectivity index (χ2n) is 6.78. The average molecular weight is 345 g/mol. The number of benzene rings is 1. The number of aryl methyl sites for hydroxylation is 2. The Morgan fingerprint density at radius 3 is 2.50 bits per heavy atom. The molecule has 0 aliphatic carbocycles. The van der Waals surface area contributed by atoms with E-state index in [9.17, 15) is 9.59 Å². The second-order valence-corrected chi connectivity index (χ2v) is 7.77. The zero-order valence-corrected chi connectivity index (χ0v) is 15.5. The quantitative estimate of drug-likeness (QED) is 0.866. The lowest BCUT2D eigenvalue weighted by molar-refractivity contribution is -0.119. The van der Waals surface area contributed by atoms with Crippen LogP contribution in [0, 0.1) is 13.8 Å². The number of hydrogen-bond acceptors (Lipinski definition) is 4. The van der Waals surface area contributed by atoms with Gasteiger partial charge in [0.15, 0.2) is 0 Å². The van der Waals surface area contributed by atoms with Gasteiger partial charge in [0.25, 0.3) is 5.56 Å². The second kappa shape index (κ2) is 7.21. The minimum absolute atomic E-state index is 0.0572. The number of thioether (sulfide) groups is 1. The number of nitrogens with one attached hydrogen (secondary N) is 1. The van der Waals surface area contributed by atoms with Crippen molar-refractivity contribution < 1.29 is 4.79 Å². The molecule has 0 spiro atoms. The van der Waals surface area contributed by atoms with Crippen molar-refractivity contribution in [2.75, 3.05) is 5.75 Å². The fourth-order valence-electron chi connectivity index (χ4n) is 2.11. The van der Waals surface area contributed by atoms with Crippen molar-refractivity contribution in [1.29, 1.82) is 0 Å². The Balaban J connectivity index is 2.18. The van der Waals surface area contributed by atoms with Gasteiger partial charge < -0.3 is 5.32 Å². The van der Waals surface area contributed by atoms with Crippen molar-refractivity contribution in [2.24, 2.45) is 0 Å². The highest BCUT2D eigenvalue weighted by molar-refractivity contribution is 7.99. The molecule has 0 bridgehead atoms. The number of rotatable bonds is 4. The van der Waals surface area contributed by atoms with E-state index in [1.807, 2.05) is 52.8 Å². The minimum atomic E-state index is -0.261. The Hall–Kier alpha value is -2.08. The summed E-state index contributed by atoms with van der Waals surface area (Å²) in [6, 6.07) is 8.90. The van der Waals surface area contributed by atoms with E-state index in [1.54, 1.807) is 6.07 Å². The zero-order chi connectivity index (χ0) is 17.9. The maximum absolute atomic E-state index is 12.1. The van der Waals surface area contributed by atoms with E-state index < -0.39 is 0 Å². The third-order valence-corrected chi connectivity index (χ3v) is 4.30. The Bertz CT molecular complexity index is 807. The van der Waals surface area contributed by atoms with Gasteiger partial charge in [-0.15, -0.1) is 0 Å². The lowest BCUT2D eigenvalue weighted by Gasteiger charge is -2.20. The summed E-state index contributed by atoms with van der Waals surface area (Å²) in [5.74, 6) is 0.202. The highest BCUT2D eigenvalue weighted by Gasteiger charge is 2.14. The fourth-order valence-corrected chi connectivity index (χ4v) is 2.76. The Kier molecular flexibility index (Phi) is 5.49. The summed E-state index contributed by atoms with van der Waals surface area (Å²) in [4.78, 5) is 24.0. The SMILES string of the molecule is Cc1ccc(-n2nc(SCC(=O)NC(C)(C)C)ccc2=O)cc1C. The molecule has 24 heavy (non-hydrogen) atoms. The van der Waals surface area contributed by atoms with Crippen molar-refractivity contribution in [1.82, 2.24) is 15.1 Å². The van der Waals surface area contributed by atoms with Crippen LogP contribution in [0.4, 0.5) is 0 Å². The van der Waals surface area contributed by atoms with Crippen LogP contribution in [0.2, 0.25) is 0 Å². The largest absolute Gasteiger partial charge is 0.351 e. The molecular formula is C18H23N3O2S. The average Bonchev–Trinajstić information content (AvgIpc) is 2.47. The van der Waals surface area contributed by atoms with Crippen molar-refractivity contribution in [3.63, 3.8) is 0 Å². The summed E-state index contributed by atoms with van der Waals surface area (Å²) >= 11 is 1.31. The molecule has 0 fully saturated rings. The molecule has 5 nitrogen and oxygen atoms in total. The molecule has 0 saturated heterocycles. The molecule has 6 heteroatoms. The first-order valence-electron chi connectivity index (χ1n) is 7.77. The number of aromatic nitrogens is 2. The molecule has 0 aliphatic rings. The van der Waals surface area contributed by atoms with E-state index in [1.165, 1.54) is 22.5 Å². The fraction of sp³-hybridized carbons (Fsp3) is 0.389. The van der Waals surface area contributed by atoms with Crippen LogP contribution in [-0.2, 0) is 4.79 Å². The van der Waals surface area contributed by atoms with Crippen LogP contribution in [0.25, 0.3) is 5.69 Å². The van der Waals surface area contributed by atoms with Gasteiger partial charge in [-0.3, -0.25) is 9.59 Å². The highest BCUT2D eigenvalue weighted by atomic mass is 32.2. The van der Waals surface area contributed by atoms with E-state index in [-0.39, 0.29) is 22.8 Å². The summed E-state index contributed by atoms with van der Waals surface area (Å²) in [6.07, 6.45) is 0. The lowest BCUT2D eigenvalue weighted by atomic mass is 10.1. The van der Waals surface area contributed by atoms with Gasteiger partial charge in [-0.1, -0.05) is 17.8 Å². The molecule has 1 aromatic heterocycles. The van der Waals surface area contributed by atoms with Crippen molar-refractivity contribution in [3.8, 4) is 5.69 Å². The van der Waals surface area contributed by atoms with E-state index in [4.69, 9.17) is 0 Å². The molecular weight excluding hydrogens is 322 g/mol. The van der Waals surface area contributed by atoms with E-state index >= 15 is 0 Å². The van der Waals surface area contributed by atoms with Gasteiger partial charge in [-0.2, -0.15) is 9.78 Å². The van der Waals surface area contributed by atoms with Crippen LogP contribution >= 0.6 is 11.8 Å². The van der Waals surface area contributed by atoms with Gasteiger partial charge in [0.2, 0.25) is 5.91 Å². The maximum Gasteiger partial charge on any atom is 0.271 e. The van der Waals surface area contributed by atoms with Crippen LogP contribution in [0.15, 0.2) is 40.2 Å². The number of hydrogen-bond donors (Lipinski definition) is 1. The molecule has 2 rings (SSSR count). The van der Waals surface area contributed by atoms with E-state index in [2.05, 4.69) is 10.4 Å². The first-order chi connectivity index (χ1) is 11.2. The summed E-state index contributed by atoms with van der Waals surface area (Å²) in [5.41, 5.74) is 2.54. The third kappa shape index (κ3) is 4.96. The molecule has 0 radical (unpaired) electrons. The number of nitrogens with zero attached hydrogens (tertiary/aromatic N) is 2. The molecule has 0 saturated carbocycles. The Morgan fingerprint density at radius 2 is 1.88 bits per heavy atom. The summed E-state index contributed by atoms with van der Waals surface area (Å²) in [6.45, 7) is 9.84. The summed E-state index contributed by atoms with van der Waals surface area (Å²) < 4.78 is 1.37. The molecule has 0 unspecified atom stereocenters. The molecule has 0 aliphatic heterocycles. The Labute approximate surface area is 146 Å². The molecule has 1 heterocycles. The van der Waals surface area contributed by atoms with E-state index in [0.29, 0.717) is 5.03 Å². The van der Waals surface area contributed by atoms with Crippen LogP contribution in [-0.4, -0.2) is 27.0 Å². The summed E-state index contributed by atoms with van der Waals surface area (Å²) in [5, 5.41) is 7.91. The standard InChI is InChI=1S/C18H23N3O2S/c1-12-6-7-14(10-13(12)2)21-17(23)9-8-16(20-21)24-11-15(22)19-18(3,4)5/h6-10H,11H2,1-5H3,(H,19,22). The molecule has 0 atom stereocenters. The predicted octanol–water partition coefficient (Wildman–Crippen LogP) is 2.86. The monoisotopic (exact) mass is 345 g/mol. The maximum atomic E-state index is 12.1. The minimum Gasteiger partial charge on any atom is -0.351 e. The summed E-state index contributed by atoms with van der Waals surface area (Å²) in [7, 11) is 0. The first-order valence-corrected chi connectivity index (χ1v) is 8.76.